The van der Waals surface area contributed by atoms with Crippen molar-refractivity contribution in [3.05, 3.63) is 57.7 Å². The molecule has 1 N–H and O–H groups in total. The predicted octanol–water partition coefficient (Wildman–Crippen LogP) is 4.51. The van der Waals surface area contributed by atoms with Crippen LogP contribution in [0, 0.1) is 12.7 Å². The van der Waals surface area contributed by atoms with Crippen molar-refractivity contribution >= 4 is 40.2 Å². The van der Waals surface area contributed by atoms with E-state index in [0.717, 1.165) is 11.3 Å². The van der Waals surface area contributed by atoms with Crippen molar-refractivity contribution < 1.29 is 23.5 Å². The SMILES string of the molecule is CCOC(=O)c1c(NC(=O)/C=C/c2ccc(F)cc2)sc(C(=O)N(CC)CC)c1C. The highest BCUT2D eigenvalue weighted by atomic mass is 32.1. The molecule has 30 heavy (non-hydrogen) atoms. The van der Waals surface area contributed by atoms with Crippen LogP contribution in [-0.4, -0.2) is 42.4 Å². The molecule has 8 heteroatoms. The van der Waals surface area contributed by atoms with Crippen molar-refractivity contribution in [1.29, 1.82) is 0 Å². The van der Waals surface area contributed by atoms with Crippen LogP contribution in [0.25, 0.3) is 6.08 Å². The van der Waals surface area contributed by atoms with Gasteiger partial charge >= 0.3 is 5.97 Å². The summed E-state index contributed by atoms with van der Waals surface area (Å²) in [5.74, 6) is -1.64. The van der Waals surface area contributed by atoms with Crippen LogP contribution in [0.15, 0.2) is 30.3 Å². The van der Waals surface area contributed by atoms with Gasteiger partial charge in [-0.05, 0) is 57.0 Å². The fourth-order valence-electron chi connectivity index (χ4n) is 2.81. The van der Waals surface area contributed by atoms with Crippen molar-refractivity contribution in [3.63, 3.8) is 0 Å². The second-order valence-electron chi connectivity index (χ2n) is 6.33. The third kappa shape index (κ3) is 5.54. The molecule has 0 aliphatic heterocycles. The van der Waals surface area contributed by atoms with E-state index in [1.54, 1.807) is 30.9 Å². The van der Waals surface area contributed by atoms with E-state index in [1.807, 2.05) is 13.8 Å². The molecule has 0 saturated heterocycles. The highest BCUT2D eigenvalue weighted by Crippen LogP contribution is 2.34. The minimum Gasteiger partial charge on any atom is -0.462 e. The van der Waals surface area contributed by atoms with Gasteiger partial charge in [-0.1, -0.05) is 12.1 Å². The molecular weight excluding hydrogens is 407 g/mol. The summed E-state index contributed by atoms with van der Waals surface area (Å²) in [6.45, 7) is 8.34. The average Bonchev–Trinajstić information content (AvgIpc) is 3.04. The molecule has 0 unspecified atom stereocenters. The van der Waals surface area contributed by atoms with Gasteiger partial charge < -0.3 is 15.0 Å². The largest absolute Gasteiger partial charge is 0.462 e. The van der Waals surface area contributed by atoms with Gasteiger partial charge in [-0.2, -0.15) is 0 Å². The van der Waals surface area contributed by atoms with Crippen LogP contribution >= 0.6 is 11.3 Å². The summed E-state index contributed by atoms with van der Waals surface area (Å²) < 4.78 is 18.1. The second-order valence-corrected chi connectivity index (χ2v) is 7.35. The molecule has 1 aromatic heterocycles. The molecular formula is C22H25FN2O4S. The van der Waals surface area contributed by atoms with E-state index in [0.29, 0.717) is 29.1 Å². The van der Waals surface area contributed by atoms with E-state index in [2.05, 4.69) is 5.32 Å². The van der Waals surface area contributed by atoms with Crippen LogP contribution in [0.2, 0.25) is 0 Å². The first-order valence-electron chi connectivity index (χ1n) is 9.66. The molecule has 0 aliphatic rings. The number of thiophene rings is 1. The Morgan fingerprint density at radius 2 is 1.77 bits per heavy atom. The summed E-state index contributed by atoms with van der Waals surface area (Å²) in [7, 11) is 0. The van der Waals surface area contributed by atoms with Gasteiger partial charge in [-0.15, -0.1) is 11.3 Å². The molecule has 6 nitrogen and oxygen atoms in total. The molecule has 0 atom stereocenters. The van der Waals surface area contributed by atoms with Gasteiger partial charge in [-0.3, -0.25) is 9.59 Å². The summed E-state index contributed by atoms with van der Waals surface area (Å²) >= 11 is 1.05. The maximum Gasteiger partial charge on any atom is 0.341 e. The number of ether oxygens (including phenoxy) is 1. The summed E-state index contributed by atoms with van der Waals surface area (Å²) in [6, 6.07) is 5.67. The molecule has 2 amide bonds. The van der Waals surface area contributed by atoms with E-state index in [9.17, 15) is 18.8 Å². The van der Waals surface area contributed by atoms with Gasteiger partial charge in [0, 0.05) is 19.2 Å². The highest BCUT2D eigenvalue weighted by Gasteiger charge is 2.27. The lowest BCUT2D eigenvalue weighted by Crippen LogP contribution is -2.30. The zero-order valence-electron chi connectivity index (χ0n) is 17.5. The van der Waals surface area contributed by atoms with Gasteiger partial charge in [0.05, 0.1) is 17.0 Å². The van der Waals surface area contributed by atoms with E-state index in [4.69, 9.17) is 4.74 Å². The highest BCUT2D eigenvalue weighted by molar-refractivity contribution is 7.18. The number of halogens is 1. The number of anilines is 1. The van der Waals surface area contributed by atoms with Crippen LogP contribution in [0.5, 0.6) is 0 Å². The van der Waals surface area contributed by atoms with Crippen LogP contribution in [0.1, 0.15) is 51.9 Å². The Labute approximate surface area is 179 Å². The van der Waals surface area contributed by atoms with E-state index < -0.39 is 11.9 Å². The zero-order valence-corrected chi connectivity index (χ0v) is 18.3. The van der Waals surface area contributed by atoms with Gasteiger partial charge in [0.2, 0.25) is 5.91 Å². The first kappa shape index (κ1) is 23.3. The van der Waals surface area contributed by atoms with E-state index in [1.165, 1.54) is 24.3 Å². The summed E-state index contributed by atoms with van der Waals surface area (Å²) in [4.78, 5) is 39.7. The molecule has 160 valence electrons. The van der Waals surface area contributed by atoms with Gasteiger partial charge in [0.25, 0.3) is 5.91 Å². The maximum absolute atomic E-state index is 13.0. The van der Waals surface area contributed by atoms with Crippen LogP contribution in [0.4, 0.5) is 9.39 Å². The maximum atomic E-state index is 13.0. The van der Waals surface area contributed by atoms with E-state index in [-0.39, 0.29) is 28.9 Å². The lowest BCUT2D eigenvalue weighted by molar-refractivity contribution is -0.111. The number of benzene rings is 1. The number of carbonyl (C=O) groups excluding carboxylic acids is 3. The Balaban J connectivity index is 2.33. The molecule has 0 saturated carbocycles. The molecule has 0 fully saturated rings. The quantitative estimate of drug-likeness (QED) is 0.492. The van der Waals surface area contributed by atoms with Crippen LogP contribution in [-0.2, 0) is 9.53 Å². The Hall–Kier alpha value is -3.00. The predicted molar refractivity (Wildman–Crippen MR) is 116 cm³/mol. The minimum atomic E-state index is -0.595. The summed E-state index contributed by atoms with van der Waals surface area (Å²) in [6.07, 6.45) is 2.81. The molecule has 2 rings (SSSR count). The summed E-state index contributed by atoms with van der Waals surface area (Å²) in [5, 5.41) is 2.93. The van der Waals surface area contributed by atoms with Gasteiger partial charge in [-0.25, -0.2) is 9.18 Å². The molecule has 1 heterocycles. The molecule has 2 aromatic rings. The number of hydrogen-bond acceptors (Lipinski definition) is 5. The normalized spacial score (nSPS) is 10.8. The monoisotopic (exact) mass is 432 g/mol. The number of amides is 2. The number of nitrogens with one attached hydrogen (secondary N) is 1. The topological polar surface area (TPSA) is 75.7 Å². The molecule has 0 spiro atoms. The third-order valence-electron chi connectivity index (χ3n) is 4.41. The molecule has 1 aromatic carbocycles. The number of esters is 1. The third-order valence-corrected chi connectivity index (χ3v) is 5.60. The fourth-order valence-corrected chi connectivity index (χ4v) is 3.97. The Kier molecular flexibility index (Phi) is 8.29. The van der Waals surface area contributed by atoms with Crippen LogP contribution < -0.4 is 5.32 Å². The lowest BCUT2D eigenvalue weighted by Gasteiger charge is -2.18. The van der Waals surface area contributed by atoms with Crippen molar-refractivity contribution in [2.75, 3.05) is 25.0 Å². The first-order chi connectivity index (χ1) is 14.3. The number of hydrogen-bond donors (Lipinski definition) is 1. The van der Waals surface area contributed by atoms with Gasteiger partial charge in [0.15, 0.2) is 0 Å². The average molecular weight is 433 g/mol. The van der Waals surface area contributed by atoms with E-state index >= 15 is 0 Å². The van der Waals surface area contributed by atoms with Gasteiger partial charge in [0.1, 0.15) is 10.8 Å². The smallest absolute Gasteiger partial charge is 0.341 e. The zero-order chi connectivity index (χ0) is 22.3. The first-order valence-corrected chi connectivity index (χ1v) is 10.5. The fraction of sp³-hybridized carbons (Fsp3) is 0.318. The molecule has 0 bridgehead atoms. The Morgan fingerprint density at radius 3 is 2.33 bits per heavy atom. The lowest BCUT2D eigenvalue weighted by atomic mass is 10.1. The molecule has 0 radical (unpaired) electrons. The standard InChI is InChI=1S/C22H25FN2O4S/c1-5-25(6-2)21(27)19-14(4)18(22(28)29-7-3)20(30-19)24-17(26)13-10-15-8-11-16(23)12-9-15/h8-13H,5-7H2,1-4H3,(H,24,26)/b13-10+. The van der Waals surface area contributed by atoms with Crippen molar-refractivity contribution in [1.82, 2.24) is 4.90 Å². The van der Waals surface area contributed by atoms with Crippen molar-refractivity contribution in [2.24, 2.45) is 0 Å². The van der Waals surface area contributed by atoms with Crippen molar-refractivity contribution in [3.8, 4) is 0 Å². The van der Waals surface area contributed by atoms with Crippen molar-refractivity contribution in [2.45, 2.75) is 27.7 Å². The Bertz CT molecular complexity index is 947. The second kappa shape index (κ2) is 10.7. The minimum absolute atomic E-state index is 0.172. The molecule has 0 aliphatic carbocycles. The number of rotatable bonds is 8. The summed E-state index contributed by atoms with van der Waals surface area (Å²) in [5.41, 5.74) is 1.31. The van der Waals surface area contributed by atoms with Crippen LogP contribution in [0.3, 0.4) is 0 Å². The Morgan fingerprint density at radius 1 is 1.13 bits per heavy atom. The number of carbonyl (C=O) groups is 3. The number of nitrogens with zero attached hydrogens (tertiary/aromatic N) is 1.